The highest BCUT2D eigenvalue weighted by atomic mass is 35.5. The molecule has 0 saturated carbocycles. The predicted molar refractivity (Wildman–Crippen MR) is 105 cm³/mol. The van der Waals surface area contributed by atoms with Crippen LogP contribution in [0.25, 0.3) is 0 Å². The maximum Gasteiger partial charge on any atom is 0.254 e. The van der Waals surface area contributed by atoms with E-state index in [0.717, 1.165) is 30.5 Å². The first-order valence-corrected chi connectivity index (χ1v) is 8.24. The highest BCUT2D eigenvalue weighted by Crippen LogP contribution is 2.23. The SMILES string of the molecule is CC1CCN(C(=O)c2ccc(Cn3cccn3)cc2)C(CN)C1.Cl.Cl. The van der Waals surface area contributed by atoms with Crippen molar-refractivity contribution in [2.45, 2.75) is 32.4 Å². The number of nitrogens with two attached hydrogens (primary N) is 1. The second kappa shape index (κ2) is 9.80. The number of aromatic nitrogens is 2. The highest BCUT2D eigenvalue weighted by molar-refractivity contribution is 5.94. The molecule has 1 amide bonds. The van der Waals surface area contributed by atoms with E-state index in [1.54, 1.807) is 6.20 Å². The predicted octanol–water partition coefficient (Wildman–Crippen LogP) is 2.97. The van der Waals surface area contributed by atoms with E-state index >= 15 is 0 Å². The van der Waals surface area contributed by atoms with Crippen molar-refractivity contribution in [2.24, 2.45) is 11.7 Å². The number of piperidine rings is 1. The van der Waals surface area contributed by atoms with Crippen molar-refractivity contribution in [1.29, 1.82) is 0 Å². The van der Waals surface area contributed by atoms with Crippen LogP contribution in [0, 0.1) is 5.92 Å². The summed E-state index contributed by atoms with van der Waals surface area (Å²) in [7, 11) is 0. The normalized spacial score (nSPS) is 19.7. The van der Waals surface area contributed by atoms with Crippen LogP contribution < -0.4 is 5.73 Å². The van der Waals surface area contributed by atoms with Crippen LogP contribution in [0.3, 0.4) is 0 Å². The Balaban J connectivity index is 0.00000156. The highest BCUT2D eigenvalue weighted by Gasteiger charge is 2.29. The summed E-state index contributed by atoms with van der Waals surface area (Å²) in [5.41, 5.74) is 7.74. The number of rotatable bonds is 4. The van der Waals surface area contributed by atoms with E-state index in [1.807, 2.05) is 46.1 Å². The summed E-state index contributed by atoms with van der Waals surface area (Å²) in [4.78, 5) is 14.7. The Labute approximate surface area is 161 Å². The van der Waals surface area contributed by atoms with E-state index in [2.05, 4.69) is 12.0 Å². The quantitative estimate of drug-likeness (QED) is 0.880. The lowest BCUT2D eigenvalue weighted by molar-refractivity contribution is 0.0573. The minimum Gasteiger partial charge on any atom is -0.334 e. The number of carbonyl (C=O) groups is 1. The van der Waals surface area contributed by atoms with Crippen molar-refractivity contribution in [3.05, 3.63) is 53.9 Å². The molecule has 7 heteroatoms. The number of halogens is 2. The van der Waals surface area contributed by atoms with Gasteiger partial charge in [-0.05, 0) is 42.5 Å². The smallest absolute Gasteiger partial charge is 0.254 e. The molecule has 3 rings (SSSR count). The van der Waals surface area contributed by atoms with Crippen LogP contribution in [0.5, 0.6) is 0 Å². The molecular weight excluding hydrogens is 359 g/mol. The molecule has 0 radical (unpaired) electrons. The number of hydrogen-bond donors (Lipinski definition) is 1. The largest absolute Gasteiger partial charge is 0.334 e. The van der Waals surface area contributed by atoms with Crippen LogP contribution in [0.1, 0.15) is 35.7 Å². The fourth-order valence-corrected chi connectivity index (χ4v) is 3.24. The van der Waals surface area contributed by atoms with Crippen molar-refractivity contribution in [3.8, 4) is 0 Å². The van der Waals surface area contributed by atoms with Gasteiger partial charge in [-0.1, -0.05) is 19.1 Å². The molecule has 5 nitrogen and oxygen atoms in total. The van der Waals surface area contributed by atoms with Gasteiger partial charge >= 0.3 is 0 Å². The molecule has 0 aliphatic carbocycles. The molecular formula is C18H26Cl2N4O. The van der Waals surface area contributed by atoms with Crippen LogP contribution >= 0.6 is 24.8 Å². The van der Waals surface area contributed by atoms with E-state index in [1.165, 1.54) is 0 Å². The van der Waals surface area contributed by atoms with Crippen LogP contribution in [0.2, 0.25) is 0 Å². The average molecular weight is 385 g/mol. The molecule has 1 saturated heterocycles. The molecule has 1 aromatic heterocycles. The van der Waals surface area contributed by atoms with E-state index in [0.29, 0.717) is 19.0 Å². The fraction of sp³-hybridized carbons (Fsp3) is 0.444. The molecule has 2 N–H and O–H groups in total. The molecule has 2 atom stereocenters. The molecule has 2 aromatic rings. The van der Waals surface area contributed by atoms with Gasteiger partial charge in [-0.15, -0.1) is 24.8 Å². The standard InChI is InChI=1S/C18H24N4O.2ClH/c1-14-7-10-22(17(11-14)12-19)18(23)16-5-3-15(4-6-16)13-21-9-2-8-20-21;;/h2-6,8-9,14,17H,7,10-13,19H2,1H3;2*1H. The minimum absolute atomic E-state index is 0. The van der Waals surface area contributed by atoms with Gasteiger partial charge in [0.15, 0.2) is 0 Å². The Hall–Kier alpha value is -1.56. The fourth-order valence-electron chi connectivity index (χ4n) is 3.24. The molecule has 25 heavy (non-hydrogen) atoms. The van der Waals surface area contributed by atoms with Gasteiger partial charge in [0.05, 0.1) is 6.54 Å². The van der Waals surface area contributed by atoms with Gasteiger partial charge < -0.3 is 10.6 Å². The van der Waals surface area contributed by atoms with Crippen molar-refractivity contribution in [3.63, 3.8) is 0 Å². The summed E-state index contributed by atoms with van der Waals surface area (Å²) in [6.45, 7) is 4.28. The van der Waals surface area contributed by atoms with Crippen LogP contribution in [0.15, 0.2) is 42.7 Å². The zero-order valence-corrected chi connectivity index (χ0v) is 16.0. The summed E-state index contributed by atoms with van der Waals surface area (Å²) in [5.74, 6) is 0.738. The van der Waals surface area contributed by atoms with Crippen LogP contribution in [-0.2, 0) is 6.54 Å². The summed E-state index contributed by atoms with van der Waals surface area (Å²) in [5, 5.41) is 4.20. The number of amides is 1. The third-order valence-corrected chi connectivity index (χ3v) is 4.62. The number of likely N-dealkylation sites (tertiary alicyclic amines) is 1. The lowest BCUT2D eigenvalue weighted by atomic mass is 9.92. The number of benzene rings is 1. The Morgan fingerprint density at radius 1 is 1.28 bits per heavy atom. The maximum absolute atomic E-state index is 12.8. The maximum atomic E-state index is 12.8. The van der Waals surface area contributed by atoms with Crippen LogP contribution in [0.4, 0.5) is 0 Å². The molecule has 1 fully saturated rings. The van der Waals surface area contributed by atoms with Gasteiger partial charge in [0.1, 0.15) is 0 Å². The molecule has 1 aliphatic heterocycles. The minimum atomic E-state index is 0. The topological polar surface area (TPSA) is 64.2 Å². The molecule has 0 spiro atoms. The molecule has 0 bridgehead atoms. The lowest BCUT2D eigenvalue weighted by Gasteiger charge is -2.38. The van der Waals surface area contributed by atoms with E-state index in [4.69, 9.17) is 5.73 Å². The Kier molecular flexibility index (Phi) is 8.42. The second-order valence-electron chi connectivity index (χ2n) is 6.42. The lowest BCUT2D eigenvalue weighted by Crippen LogP contribution is -2.49. The van der Waals surface area contributed by atoms with Gasteiger partial charge in [0.2, 0.25) is 0 Å². The molecule has 1 aliphatic rings. The van der Waals surface area contributed by atoms with Crippen molar-refractivity contribution in [2.75, 3.05) is 13.1 Å². The summed E-state index contributed by atoms with van der Waals surface area (Å²) in [6, 6.07) is 9.88. The number of hydrogen-bond acceptors (Lipinski definition) is 3. The molecule has 1 aromatic carbocycles. The summed E-state index contributed by atoms with van der Waals surface area (Å²) >= 11 is 0. The molecule has 2 unspecified atom stereocenters. The second-order valence-corrected chi connectivity index (χ2v) is 6.42. The monoisotopic (exact) mass is 384 g/mol. The first-order valence-electron chi connectivity index (χ1n) is 8.24. The van der Waals surface area contributed by atoms with Gasteiger partial charge in [-0.2, -0.15) is 5.10 Å². The van der Waals surface area contributed by atoms with Crippen molar-refractivity contribution in [1.82, 2.24) is 14.7 Å². The van der Waals surface area contributed by atoms with Gasteiger partial charge in [0.25, 0.3) is 5.91 Å². The van der Waals surface area contributed by atoms with Crippen molar-refractivity contribution >= 4 is 30.7 Å². The first-order chi connectivity index (χ1) is 11.2. The third kappa shape index (κ3) is 5.21. The average Bonchev–Trinajstić information content (AvgIpc) is 3.08. The number of nitrogens with zero attached hydrogens (tertiary/aromatic N) is 3. The number of carbonyl (C=O) groups excluding carboxylic acids is 1. The van der Waals surface area contributed by atoms with Crippen LogP contribution in [-0.4, -0.2) is 39.7 Å². The third-order valence-electron chi connectivity index (χ3n) is 4.62. The zero-order valence-electron chi connectivity index (χ0n) is 14.4. The first kappa shape index (κ1) is 21.5. The van der Waals surface area contributed by atoms with Crippen molar-refractivity contribution < 1.29 is 4.79 Å². The van der Waals surface area contributed by atoms with E-state index in [9.17, 15) is 4.79 Å². The Bertz CT molecular complexity index is 646. The van der Waals surface area contributed by atoms with Gasteiger partial charge in [0, 0.05) is 37.1 Å². The molecule has 2 heterocycles. The van der Waals surface area contributed by atoms with E-state index in [-0.39, 0.29) is 36.8 Å². The zero-order chi connectivity index (χ0) is 16.2. The Morgan fingerprint density at radius 2 is 2.00 bits per heavy atom. The van der Waals surface area contributed by atoms with Gasteiger partial charge in [-0.3, -0.25) is 9.48 Å². The van der Waals surface area contributed by atoms with E-state index < -0.39 is 0 Å². The van der Waals surface area contributed by atoms with Gasteiger partial charge in [-0.25, -0.2) is 0 Å². The molecule has 138 valence electrons. The Morgan fingerprint density at radius 3 is 2.60 bits per heavy atom. The summed E-state index contributed by atoms with van der Waals surface area (Å²) < 4.78 is 1.87. The summed E-state index contributed by atoms with van der Waals surface area (Å²) in [6.07, 6.45) is 5.75.